The second kappa shape index (κ2) is 5.28. The van der Waals surface area contributed by atoms with E-state index in [1.54, 1.807) is 43.5 Å². The number of para-hydroxylation sites is 1. The third kappa shape index (κ3) is 2.33. The Morgan fingerprint density at radius 1 is 0.810 bits per heavy atom. The zero-order valence-corrected chi connectivity index (χ0v) is 11.5. The maximum atomic E-state index is 12.2. The van der Waals surface area contributed by atoms with Crippen molar-refractivity contribution < 1.29 is 14.3 Å². The molecule has 0 unspecified atom stereocenters. The van der Waals surface area contributed by atoms with Crippen molar-refractivity contribution in [2.24, 2.45) is 0 Å². The molecular formula is C16H14N2O3. The summed E-state index contributed by atoms with van der Waals surface area (Å²) in [7, 11) is 1.58. The topological polar surface area (TPSA) is 49.9 Å². The normalized spacial score (nSPS) is 14.7. The first kappa shape index (κ1) is 13.2. The molecule has 106 valence electrons. The number of nitrogens with zero attached hydrogens (tertiary/aromatic N) is 2. The van der Waals surface area contributed by atoms with E-state index in [9.17, 15) is 9.59 Å². The van der Waals surface area contributed by atoms with Crippen molar-refractivity contribution in [2.75, 3.05) is 17.1 Å². The molecule has 0 atom stereocenters. The molecule has 1 saturated heterocycles. The fraction of sp³-hybridized carbons (Fsp3) is 0.125. The van der Waals surface area contributed by atoms with Crippen molar-refractivity contribution in [3.63, 3.8) is 0 Å². The van der Waals surface area contributed by atoms with Crippen LogP contribution in [-0.2, 0) is 9.59 Å². The third-order valence-electron chi connectivity index (χ3n) is 3.29. The predicted molar refractivity (Wildman–Crippen MR) is 79.0 cm³/mol. The van der Waals surface area contributed by atoms with Gasteiger partial charge in [0.15, 0.2) is 0 Å². The Bertz CT molecular complexity index is 668. The number of methoxy groups -OCH3 is 1. The zero-order chi connectivity index (χ0) is 14.8. The van der Waals surface area contributed by atoms with Crippen LogP contribution >= 0.6 is 0 Å². The van der Waals surface area contributed by atoms with Gasteiger partial charge in [0.25, 0.3) is 11.8 Å². The van der Waals surface area contributed by atoms with Crippen LogP contribution in [0.25, 0.3) is 0 Å². The Morgan fingerprint density at radius 2 is 1.33 bits per heavy atom. The second-order valence-corrected chi connectivity index (χ2v) is 4.62. The number of carbonyl (C=O) groups excluding carboxylic acids is 2. The summed E-state index contributed by atoms with van der Waals surface area (Å²) < 4.78 is 5.11. The van der Waals surface area contributed by atoms with Gasteiger partial charge in [0, 0.05) is 0 Å². The smallest absolute Gasteiger partial charge is 0.255 e. The van der Waals surface area contributed by atoms with Crippen molar-refractivity contribution >= 4 is 23.2 Å². The van der Waals surface area contributed by atoms with Gasteiger partial charge in [-0.05, 0) is 36.4 Å². The molecular weight excluding hydrogens is 268 g/mol. The molecule has 0 N–H and O–H groups in total. The number of hydrogen-bond donors (Lipinski definition) is 0. The van der Waals surface area contributed by atoms with E-state index in [1.165, 1.54) is 10.0 Å². The molecule has 5 nitrogen and oxygen atoms in total. The summed E-state index contributed by atoms with van der Waals surface area (Å²) >= 11 is 0. The number of anilines is 2. The Hall–Kier alpha value is -2.82. The highest BCUT2D eigenvalue weighted by Gasteiger charge is 2.37. The minimum Gasteiger partial charge on any atom is -0.497 e. The highest BCUT2D eigenvalue weighted by Crippen LogP contribution is 2.29. The van der Waals surface area contributed by atoms with Crippen molar-refractivity contribution in [3.05, 3.63) is 54.6 Å². The predicted octanol–water partition coefficient (Wildman–Crippen LogP) is 2.38. The van der Waals surface area contributed by atoms with Crippen molar-refractivity contribution in [1.82, 2.24) is 0 Å². The molecule has 0 aromatic heterocycles. The van der Waals surface area contributed by atoms with E-state index in [4.69, 9.17) is 4.74 Å². The molecule has 0 spiro atoms. The molecule has 1 aliphatic heterocycles. The first-order chi connectivity index (χ1) is 10.2. The maximum Gasteiger partial charge on any atom is 0.255 e. The molecule has 21 heavy (non-hydrogen) atoms. The molecule has 0 bridgehead atoms. The molecule has 0 aliphatic carbocycles. The third-order valence-corrected chi connectivity index (χ3v) is 3.29. The first-order valence-electron chi connectivity index (χ1n) is 6.55. The molecule has 2 aromatic rings. The van der Waals surface area contributed by atoms with Gasteiger partial charge >= 0.3 is 0 Å². The van der Waals surface area contributed by atoms with Gasteiger partial charge in [0.1, 0.15) is 12.2 Å². The molecule has 1 aliphatic rings. The van der Waals surface area contributed by atoms with Crippen LogP contribution in [0.1, 0.15) is 6.42 Å². The lowest BCUT2D eigenvalue weighted by atomic mass is 10.3. The Morgan fingerprint density at radius 3 is 1.86 bits per heavy atom. The monoisotopic (exact) mass is 282 g/mol. The quantitative estimate of drug-likeness (QED) is 0.812. The minimum absolute atomic E-state index is 0.124. The van der Waals surface area contributed by atoms with Gasteiger partial charge in [-0.1, -0.05) is 18.2 Å². The lowest BCUT2D eigenvalue weighted by molar-refractivity contribution is -0.121. The summed E-state index contributed by atoms with van der Waals surface area (Å²) in [5, 5.41) is 2.81. The van der Waals surface area contributed by atoms with Gasteiger partial charge < -0.3 is 4.74 Å². The number of amides is 2. The minimum atomic E-state index is -0.242. The lowest BCUT2D eigenvalue weighted by Crippen LogP contribution is -2.41. The summed E-state index contributed by atoms with van der Waals surface area (Å²) in [6, 6.07) is 16.2. The SMILES string of the molecule is COc1ccc(N2C(=O)CC(=O)N2c2ccccc2)cc1. The van der Waals surface area contributed by atoms with Crippen LogP contribution in [0.4, 0.5) is 11.4 Å². The summed E-state index contributed by atoms with van der Waals surface area (Å²) in [4.78, 5) is 24.3. The fourth-order valence-electron chi connectivity index (χ4n) is 2.31. The molecule has 0 saturated carbocycles. The van der Waals surface area contributed by atoms with Crippen LogP contribution in [0.5, 0.6) is 5.75 Å². The average Bonchev–Trinajstić information content (AvgIpc) is 2.82. The van der Waals surface area contributed by atoms with Crippen LogP contribution in [0.2, 0.25) is 0 Å². The summed E-state index contributed by atoms with van der Waals surface area (Å²) in [5.41, 5.74) is 1.31. The second-order valence-electron chi connectivity index (χ2n) is 4.62. The molecule has 5 heteroatoms. The molecule has 2 aromatic carbocycles. The highest BCUT2D eigenvalue weighted by molar-refractivity contribution is 6.20. The van der Waals surface area contributed by atoms with Gasteiger partial charge in [-0.15, -0.1) is 0 Å². The molecule has 1 heterocycles. The molecule has 0 radical (unpaired) electrons. The Kier molecular flexibility index (Phi) is 3.31. The van der Waals surface area contributed by atoms with Crippen LogP contribution in [0.3, 0.4) is 0 Å². The standard InChI is InChI=1S/C16H14N2O3/c1-21-14-9-7-13(8-10-14)18-16(20)11-15(19)17(18)12-5-3-2-4-6-12/h2-10H,11H2,1H3. The number of carbonyl (C=O) groups is 2. The number of rotatable bonds is 3. The van der Waals surface area contributed by atoms with E-state index >= 15 is 0 Å². The maximum absolute atomic E-state index is 12.2. The molecule has 2 amide bonds. The van der Waals surface area contributed by atoms with Crippen LogP contribution in [0.15, 0.2) is 54.6 Å². The van der Waals surface area contributed by atoms with E-state index < -0.39 is 0 Å². The summed E-state index contributed by atoms with van der Waals surface area (Å²) in [6.07, 6.45) is -0.124. The van der Waals surface area contributed by atoms with E-state index in [1.807, 2.05) is 18.2 Å². The summed E-state index contributed by atoms with van der Waals surface area (Å²) in [6.45, 7) is 0. The van der Waals surface area contributed by atoms with Gasteiger partial charge in [0.2, 0.25) is 0 Å². The lowest BCUT2D eigenvalue weighted by Gasteiger charge is -2.27. The number of ether oxygens (including phenoxy) is 1. The van der Waals surface area contributed by atoms with E-state index in [2.05, 4.69) is 0 Å². The highest BCUT2D eigenvalue weighted by atomic mass is 16.5. The zero-order valence-electron chi connectivity index (χ0n) is 11.5. The largest absolute Gasteiger partial charge is 0.497 e. The van der Waals surface area contributed by atoms with Crippen molar-refractivity contribution in [1.29, 1.82) is 0 Å². The van der Waals surface area contributed by atoms with Crippen molar-refractivity contribution in [3.8, 4) is 5.75 Å². The molecule has 1 fully saturated rings. The van der Waals surface area contributed by atoms with Gasteiger partial charge in [-0.25, -0.2) is 10.0 Å². The van der Waals surface area contributed by atoms with Crippen molar-refractivity contribution in [2.45, 2.75) is 6.42 Å². The van der Waals surface area contributed by atoms with Crippen LogP contribution in [-0.4, -0.2) is 18.9 Å². The van der Waals surface area contributed by atoms with Gasteiger partial charge in [-0.3, -0.25) is 9.59 Å². The van der Waals surface area contributed by atoms with E-state index in [0.717, 1.165) is 0 Å². The van der Waals surface area contributed by atoms with Gasteiger partial charge in [0.05, 0.1) is 18.5 Å². The number of hydrazine groups is 1. The van der Waals surface area contributed by atoms with Crippen LogP contribution < -0.4 is 14.8 Å². The van der Waals surface area contributed by atoms with E-state index in [-0.39, 0.29) is 18.2 Å². The molecule has 3 rings (SSSR count). The van der Waals surface area contributed by atoms with E-state index in [0.29, 0.717) is 17.1 Å². The Labute approximate surface area is 122 Å². The average molecular weight is 282 g/mol. The number of benzene rings is 2. The summed E-state index contributed by atoms with van der Waals surface area (Å²) in [5.74, 6) is 0.221. The Balaban J connectivity index is 2.01. The number of hydrogen-bond acceptors (Lipinski definition) is 3. The van der Waals surface area contributed by atoms with Crippen LogP contribution in [0, 0.1) is 0 Å². The fourth-order valence-corrected chi connectivity index (χ4v) is 2.31. The first-order valence-corrected chi connectivity index (χ1v) is 6.55. The van der Waals surface area contributed by atoms with Gasteiger partial charge in [-0.2, -0.15) is 0 Å².